The lowest BCUT2D eigenvalue weighted by Gasteiger charge is -2.34. The zero-order valence-corrected chi connectivity index (χ0v) is 12.7. The summed E-state index contributed by atoms with van der Waals surface area (Å²) in [6.07, 6.45) is -1.55. The normalized spacial score (nSPS) is 14.8. The minimum Gasteiger partial charge on any atom is -0.385 e. The van der Waals surface area contributed by atoms with Crippen LogP contribution >= 0.6 is 0 Å². The molecular formula is C20H16F2O2. The van der Waals surface area contributed by atoms with Crippen LogP contribution in [0.3, 0.4) is 0 Å². The van der Waals surface area contributed by atoms with Gasteiger partial charge < -0.3 is 10.2 Å². The molecule has 4 heteroatoms. The van der Waals surface area contributed by atoms with Gasteiger partial charge in [-0.15, -0.1) is 0 Å². The third-order valence-corrected chi connectivity index (χ3v) is 4.07. The molecule has 0 aromatic heterocycles. The van der Waals surface area contributed by atoms with E-state index >= 15 is 0 Å². The highest BCUT2D eigenvalue weighted by Crippen LogP contribution is 2.42. The van der Waals surface area contributed by atoms with Crippen molar-refractivity contribution in [2.75, 3.05) is 0 Å². The first-order valence-electron chi connectivity index (χ1n) is 7.50. The lowest BCUT2D eigenvalue weighted by Crippen LogP contribution is -2.37. The average molecular weight is 326 g/mol. The van der Waals surface area contributed by atoms with Crippen molar-refractivity contribution < 1.29 is 19.0 Å². The third kappa shape index (κ3) is 2.70. The number of hydrogen-bond donors (Lipinski definition) is 2. The quantitative estimate of drug-likeness (QED) is 0.762. The van der Waals surface area contributed by atoms with E-state index in [1.54, 1.807) is 48.5 Å². The Morgan fingerprint density at radius 2 is 1.21 bits per heavy atom. The largest absolute Gasteiger partial charge is 0.385 e. The van der Waals surface area contributed by atoms with Gasteiger partial charge in [-0.25, -0.2) is 8.78 Å². The Labute approximate surface area is 138 Å². The van der Waals surface area contributed by atoms with Crippen LogP contribution in [-0.2, 0) is 5.60 Å². The number of aliphatic hydroxyl groups is 2. The van der Waals surface area contributed by atoms with Gasteiger partial charge >= 0.3 is 0 Å². The molecule has 0 fully saturated rings. The van der Waals surface area contributed by atoms with Crippen molar-refractivity contribution >= 4 is 0 Å². The molecule has 122 valence electrons. The fraction of sp³-hybridized carbons (Fsp3) is 0.100. The van der Waals surface area contributed by atoms with Gasteiger partial charge in [0.1, 0.15) is 17.7 Å². The highest BCUT2D eigenvalue weighted by molar-refractivity contribution is 5.41. The van der Waals surface area contributed by atoms with E-state index in [4.69, 9.17) is 0 Å². The summed E-state index contributed by atoms with van der Waals surface area (Å²) in [5, 5.41) is 22.1. The number of aliphatic hydroxyl groups excluding tert-OH is 1. The van der Waals surface area contributed by atoms with Crippen LogP contribution < -0.4 is 0 Å². The monoisotopic (exact) mass is 326 g/mol. The molecule has 2 nitrogen and oxygen atoms in total. The number of halogens is 2. The molecule has 24 heavy (non-hydrogen) atoms. The van der Waals surface area contributed by atoms with Crippen molar-refractivity contribution in [3.63, 3.8) is 0 Å². The van der Waals surface area contributed by atoms with Crippen LogP contribution in [-0.4, -0.2) is 10.2 Å². The van der Waals surface area contributed by atoms with Crippen LogP contribution in [0.15, 0.2) is 78.9 Å². The first-order valence-corrected chi connectivity index (χ1v) is 7.50. The molecular weight excluding hydrogens is 310 g/mol. The van der Waals surface area contributed by atoms with Gasteiger partial charge in [0.2, 0.25) is 0 Å². The third-order valence-electron chi connectivity index (χ3n) is 4.07. The molecule has 3 rings (SSSR count). The first kappa shape index (κ1) is 16.3. The molecule has 0 bridgehead atoms. The summed E-state index contributed by atoms with van der Waals surface area (Å²) in [5.41, 5.74) is -2.29. The molecule has 3 aromatic carbocycles. The van der Waals surface area contributed by atoms with Crippen molar-refractivity contribution in [3.8, 4) is 0 Å². The minimum absolute atomic E-state index is 0.199. The first-order chi connectivity index (χ1) is 11.5. The maximum Gasteiger partial charge on any atom is 0.150 e. The summed E-state index contributed by atoms with van der Waals surface area (Å²) in [5.74, 6) is -1.84. The minimum atomic E-state index is -2.27. The molecule has 0 heterocycles. The Morgan fingerprint density at radius 3 is 1.75 bits per heavy atom. The maximum atomic E-state index is 14.4. The molecule has 3 aromatic rings. The van der Waals surface area contributed by atoms with Crippen LogP contribution in [0.5, 0.6) is 0 Å². The van der Waals surface area contributed by atoms with Crippen molar-refractivity contribution in [1.29, 1.82) is 0 Å². The molecule has 0 saturated heterocycles. The number of hydrogen-bond acceptors (Lipinski definition) is 2. The van der Waals surface area contributed by atoms with Crippen molar-refractivity contribution in [3.05, 3.63) is 107 Å². The van der Waals surface area contributed by atoms with Gasteiger partial charge in [0.15, 0.2) is 5.60 Å². The summed E-state index contributed by atoms with van der Waals surface area (Å²) in [6, 6.07) is 19.7. The average Bonchev–Trinajstić information content (AvgIpc) is 2.62. The van der Waals surface area contributed by atoms with Crippen molar-refractivity contribution in [1.82, 2.24) is 0 Å². The van der Waals surface area contributed by atoms with Gasteiger partial charge in [-0.2, -0.15) is 0 Å². The molecule has 2 N–H and O–H groups in total. The summed E-state index contributed by atoms with van der Waals surface area (Å²) >= 11 is 0. The molecule has 0 radical (unpaired) electrons. The molecule has 0 aliphatic carbocycles. The second kappa shape index (κ2) is 6.51. The van der Waals surface area contributed by atoms with E-state index in [1.807, 2.05) is 0 Å². The Morgan fingerprint density at radius 1 is 0.708 bits per heavy atom. The Kier molecular flexibility index (Phi) is 4.42. The van der Waals surface area contributed by atoms with E-state index in [9.17, 15) is 19.0 Å². The Hall–Kier alpha value is -2.56. The van der Waals surface area contributed by atoms with E-state index in [0.717, 1.165) is 12.1 Å². The van der Waals surface area contributed by atoms with Gasteiger partial charge in [0, 0.05) is 0 Å². The van der Waals surface area contributed by atoms with Gasteiger partial charge in [-0.05, 0) is 23.3 Å². The Balaban J connectivity index is 2.26. The summed E-state index contributed by atoms with van der Waals surface area (Å²) < 4.78 is 28.8. The zero-order chi connectivity index (χ0) is 17.2. The second-order valence-corrected chi connectivity index (χ2v) is 5.54. The Bertz CT molecular complexity index is 801. The predicted molar refractivity (Wildman–Crippen MR) is 87.2 cm³/mol. The molecule has 0 spiro atoms. The van der Waals surface area contributed by atoms with Gasteiger partial charge in [-0.1, -0.05) is 66.7 Å². The van der Waals surface area contributed by atoms with Crippen LogP contribution in [0.25, 0.3) is 0 Å². The van der Waals surface area contributed by atoms with Gasteiger partial charge in [-0.3, -0.25) is 0 Å². The van der Waals surface area contributed by atoms with Gasteiger partial charge in [0.05, 0.1) is 5.56 Å². The van der Waals surface area contributed by atoms with E-state index in [2.05, 4.69) is 0 Å². The highest BCUT2D eigenvalue weighted by atomic mass is 19.1. The van der Waals surface area contributed by atoms with Crippen molar-refractivity contribution in [2.24, 2.45) is 0 Å². The van der Waals surface area contributed by atoms with E-state index in [1.165, 1.54) is 18.2 Å². The second-order valence-electron chi connectivity index (χ2n) is 5.54. The molecule has 2 unspecified atom stereocenters. The van der Waals surface area contributed by atoms with Crippen LogP contribution in [0.2, 0.25) is 0 Å². The fourth-order valence-corrected chi connectivity index (χ4v) is 2.87. The highest BCUT2D eigenvalue weighted by Gasteiger charge is 2.44. The topological polar surface area (TPSA) is 40.5 Å². The summed E-state index contributed by atoms with van der Waals surface area (Å²) in [4.78, 5) is 0. The zero-order valence-electron chi connectivity index (χ0n) is 12.7. The molecule has 0 aliphatic rings. The lowest BCUT2D eigenvalue weighted by molar-refractivity contribution is -0.0562. The number of benzene rings is 3. The smallest absolute Gasteiger partial charge is 0.150 e. The summed E-state index contributed by atoms with van der Waals surface area (Å²) in [7, 11) is 0. The molecule has 2 atom stereocenters. The predicted octanol–water partition coefficient (Wildman–Crippen LogP) is 3.93. The molecule has 0 aliphatic heterocycles. The van der Waals surface area contributed by atoms with Crippen LogP contribution in [0, 0.1) is 11.6 Å². The van der Waals surface area contributed by atoms with E-state index in [-0.39, 0.29) is 5.56 Å². The SMILES string of the molecule is OC(c1ccccc1)C(O)(c1ccccc1)c1c(F)cccc1F. The fourth-order valence-electron chi connectivity index (χ4n) is 2.87. The van der Waals surface area contributed by atoms with E-state index in [0.29, 0.717) is 5.56 Å². The summed E-state index contributed by atoms with van der Waals surface area (Å²) in [6.45, 7) is 0. The standard InChI is InChI=1S/C20H16F2O2/c21-16-12-7-13-17(22)18(16)20(24,15-10-5-2-6-11-15)19(23)14-8-3-1-4-9-14/h1-13,19,23-24H. The maximum absolute atomic E-state index is 14.4. The van der Waals surface area contributed by atoms with Crippen LogP contribution in [0.4, 0.5) is 8.78 Å². The molecule has 0 amide bonds. The van der Waals surface area contributed by atoms with Crippen LogP contribution in [0.1, 0.15) is 22.8 Å². The number of rotatable bonds is 4. The van der Waals surface area contributed by atoms with Gasteiger partial charge in [0.25, 0.3) is 0 Å². The lowest BCUT2D eigenvalue weighted by atomic mass is 9.78. The molecule has 0 saturated carbocycles. The van der Waals surface area contributed by atoms with E-state index < -0.39 is 28.9 Å². The van der Waals surface area contributed by atoms with Crippen molar-refractivity contribution in [2.45, 2.75) is 11.7 Å².